The monoisotopic (exact) mass is 706 g/mol. The van der Waals surface area contributed by atoms with Gasteiger partial charge in [0.15, 0.2) is 0 Å². The molecular formula is C56H34. The molecule has 0 aromatic heterocycles. The summed E-state index contributed by atoms with van der Waals surface area (Å²) in [6, 6.07) is 76.5. The van der Waals surface area contributed by atoms with Crippen LogP contribution in [0.3, 0.4) is 0 Å². The molecule has 12 rings (SSSR count). The van der Waals surface area contributed by atoms with Crippen molar-refractivity contribution < 1.29 is 0 Å². The van der Waals surface area contributed by atoms with E-state index in [2.05, 4.69) is 206 Å². The Labute approximate surface area is 325 Å². The number of benzene rings is 10. The van der Waals surface area contributed by atoms with Crippen molar-refractivity contribution in [1.29, 1.82) is 0 Å². The molecule has 258 valence electrons. The van der Waals surface area contributed by atoms with Gasteiger partial charge in [0, 0.05) is 0 Å². The van der Waals surface area contributed by atoms with Crippen LogP contribution in [0, 0.1) is 0 Å². The van der Waals surface area contributed by atoms with Gasteiger partial charge in [-0.15, -0.1) is 0 Å². The third-order valence-corrected chi connectivity index (χ3v) is 12.1. The smallest absolute Gasteiger partial charge is 0.000137 e. The van der Waals surface area contributed by atoms with E-state index in [1.807, 2.05) is 0 Å². The standard InChI is InChI=1S/C56H34/c1-4-18-36(19-5-1)51-49-33-39-31-47-44-28-14-12-26-42(44)43-27-13-15-29-45(43)48(47)32-40(39)34-50(49)55-54(46-30-16-24-35-17-10-11-25-41(35)46)52(37-20-6-2-7-21-37)53(56(51)55)38-22-8-3-9-23-38/h1-34H. The van der Waals surface area contributed by atoms with E-state index in [0.717, 1.165) is 0 Å². The Morgan fingerprint density at radius 1 is 0.179 bits per heavy atom. The first kappa shape index (κ1) is 31.1. The van der Waals surface area contributed by atoms with Gasteiger partial charge in [-0.05, 0) is 145 Å². The summed E-state index contributed by atoms with van der Waals surface area (Å²) < 4.78 is 0. The van der Waals surface area contributed by atoms with Gasteiger partial charge in [0.2, 0.25) is 0 Å². The van der Waals surface area contributed by atoms with Crippen molar-refractivity contribution in [2.75, 3.05) is 0 Å². The lowest BCUT2D eigenvalue weighted by Crippen LogP contribution is -1.96. The van der Waals surface area contributed by atoms with Gasteiger partial charge >= 0.3 is 0 Å². The van der Waals surface area contributed by atoms with E-state index in [-0.39, 0.29) is 0 Å². The molecule has 0 heterocycles. The Hall–Kier alpha value is -7.28. The van der Waals surface area contributed by atoms with Crippen LogP contribution < -0.4 is 0 Å². The Morgan fingerprint density at radius 2 is 0.554 bits per heavy atom. The molecule has 0 fully saturated rings. The van der Waals surface area contributed by atoms with Gasteiger partial charge in [-0.1, -0.05) is 182 Å². The van der Waals surface area contributed by atoms with Gasteiger partial charge < -0.3 is 0 Å². The molecule has 0 atom stereocenters. The zero-order valence-corrected chi connectivity index (χ0v) is 30.6. The first-order valence-corrected chi connectivity index (χ1v) is 19.5. The Morgan fingerprint density at radius 3 is 1.09 bits per heavy atom. The van der Waals surface area contributed by atoms with Crippen molar-refractivity contribution in [2.45, 2.75) is 0 Å². The van der Waals surface area contributed by atoms with Crippen molar-refractivity contribution in [3.8, 4) is 0 Å². The molecule has 0 N–H and O–H groups in total. The van der Waals surface area contributed by atoms with Crippen LogP contribution >= 0.6 is 0 Å². The van der Waals surface area contributed by atoms with E-state index in [4.69, 9.17) is 0 Å². The molecule has 0 heteroatoms. The van der Waals surface area contributed by atoms with E-state index in [9.17, 15) is 0 Å². The summed E-state index contributed by atoms with van der Waals surface area (Å²) in [5.41, 5.74) is 15.3. The second kappa shape index (κ2) is 12.1. The maximum Gasteiger partial charge on any atom is -0.000137 e. The van der Waals surface area contributed by atoms with Crippen molar-refractivity contribution in [1.82, 2.24) is 0 Å². The second-order valence-electron chi connectivity index (χ2n) is 15.1. The summed E-state index contributed by atoms with van der Waals surface area (Å²) in [5.74, 6) is 0. The zero-order chi connectivity index (χ0) is 36.7. The van der Waals surface area contributed by atoms with E-state index in [0.29, 0.717) is 0 Å². The fraction of sp³-hybridized carbons (Fsp3) is 0. The average Bonchev–Trinajstić information content (AvgIpc) is 3.78. The third-order valence-electron chi connectivity index (χ3n) is 12.1. The highest BCUT2D eigenvalue weighted by Crippen LogP contribution is 2.62. The summed E-state index contributed by atoms with van der Waals surface area (Å²) in [4.78, 5) is 0. The SMILES string of the molecule is c1ccc(C2=C(c3ccccc3)C(c3cccc4ccccc34)=C3C2=C(c2ccccc2)c2cc4cc5c6ccccc6c6ccccc6c5cc4cc23)cc1. The largest absolute Gasteiger partial charge is 0.0622 e. The number of hydrogen-bond acceptors (Lipinski definition) is 0. The van der Waals surface area contributed by atoms with Crippen LogP contribution in [0.2, 0.25) is 0 Å². The van der Waals surface area contributed by atoms with Gasteiger partial charge in [-0.25, -0.2) is 0 Å². The highest BCUT2D eigenvalue weighted by atomic mass is 14.4. The fourth-order valence-electron chi connectivity index (χ4n) is 9.80. The molecule has 0 saturated carbocycles. The van der Waals surface area contributed by atoms with Gasteiger partial charge in [0.1, 0.15) is 0 Å². The number of hydrogen-bond donors (Lipinski definition) is 0. The molecule has 2 aliphatic carbocycles. The van der Waals surface area contributed by atoms with Gasteiger partial charge in [-0.3, -0.25) is 0 Å². The van der Waals surface area contributed by atoms with E-state index < -0.39 is 0 Å². The zero-order valence-electron chi connectivity index (χ0n) is 30.6. The number of rotatable bonds is 4. The van der Waals surface area contributed by atoms with Crippen LogP contribution in [0.25, 0.3) is 81.7 Å². The molecule has 56 heavy (non-hydrogen) atoms. The predicted octanol–water partition coefficient (Wildman–Crippen LogP) is 14.8. The van der Waals surface area contributed by atoms with Crippen molar-refractivity contribution in [2.24, 2.45) is 0 Å². The summed E-state index contributed by atoms with van der Waals surface area (Å²) in [7, 11) is 0. The topological polar surface area (TPSA) is 0 Å². The van der Waals surface area contributed by atoms with Crippen LogP contribution in [-0.4, -0.2) is 0 Å². The fourth-order valence-corrected chi connectivity index (χ4v) is 9.80. The van der Waals surface area contributed by atoms with E-state index in [1.54, 1.807) is 0 Å². The highest BCUT2D eigenvalue weighted by molar-refractivity contribution is 6.40. The molecule has 2 aliphatic rings. The first-order chi connectivity index (χ1) is 27.8. The molecule has 0 bridgehead atoms. The third kappa shape index (κ3) is 4.48. The van der Waals surface area contributed by atoms with Crippen molar-refractivity contribution in [3.05, 3.63) is 245 Å². The second-order valence-corrected chi connectivity index (χ2v) is 15.1. The molecule has 0 unspecified atom stereocenters. The Balaban J connectivity index is 1.28. The molecular weight excluding hydrogens is 673 g/mol. The van der Waals surface area contributed by atoms with Crippen LogP contribution in [0.1, 0.15) is 33.4 Å². The van der Waals surface area contributed by atoms with Crippen LogP contribution in [0.5, 0.6) is 0 Å². The number of allylic oxidation sites excluding steroid dienone is 5. The summed E-state index contributed by atoms with van der Waals surface area (Å²) >= 11 is 0. The summed E-state index contributed by atoms with van der Waals surface area (Å²) in [6.45, 7) is 0. The van der Waals surface area contributed by atoms with Crippen LogP contribution in [-0.2, 0) is 0 Å². The quantitative estimate of drug-likeness (QED) is 0.126. The highest BCUT2D eigenvalue weighted by Gasteiger charge is 2.40. The van der Waals surface area contributed by atoms with Gasteiger partial charge in [-0.2, -0.15) is 0 Å². The van der Waals surface area contributed by atoms with Crippen LogP contribution in [0.4, 0.5) is 0 Å². The minimum atomic E-state index is 1.22. The minimum Gasteiger partial charge on any atom is -0.0622 e. The van der Waals surface area contributed by atoms with Crippen molar-refractivity contribution >= 4 is 81.7 Å². The maximum absolute atomic E-state index is 2.50. The predicted molar refractivity (Wildman–Crippen MR) is 239 cm³/mol. The van der Waals surface area contributed by atoms with Gasteiger partial charge in [0.25, 0.3) is 0 Å². The number of fused-ring (bicyclic) bond motifs is 11. The molecule has 0 spiro atoms. The average molecular weight is 707 g/mol. The van der Waals surface area contributed by atoms with Crippen molar-refractivity contribution in [3.63, 3.8) is 0 Å². The lowest BCUT2D eigenvalue weighted by Gasteiger charge is -2.18. The van der Waals surface area contributed by atoms with E-state index in [1.165, 1.54) is 121 Å². The van der Waals surface area contributed by atoms with E-state index >= 15 is 0 Å². The Bertz CT molecular complexity index is 3360. The summed E-state index contributed by atoms with van der Waals surface area (Å²) in [6.07, 6.45) is 0. The molecule has 10 aromatic carbocycles. The lowest BCUT2D eigenvalue weighted by atomic mass is 9.85. The molecule has 0 radical (unpaired) electrons. The molecule has 0 nitrogen and oxygen atoms in total. The van der Waals surface area contributed by atoms with Gasteiger partial charge in [0.05, 0.1) is 0 Å². The normalized spacial score (nSPS) is 13.9. The van der Waals surface area contributed by atoms with Crippen LogP contribution in [0.15, 0.2) is 212 Å². The Kier molecular flexibility index (Phi) is 6.73. The molecule has 0 aliphatic heterocycles. The lowest BCUT2D eigenvalue weighted by molar-refractivity contribution is 1.55. The molecule has 0 amide bonds. The summed E-state index contributed by atoms with van der Waals surface area (Å²) in [5, 5.41) is 12.8. The first-order valence-electron chi connectivity index (χ1n) is 19.5. The molecule has 0 saturated heterocycles. The minimum absolute atomic E-state index is 1.22. The maximum atomic E-state index is 2.50. The molecule has 10 aromatic rings.